The van der Waals surface area contributed by atoms with Gasteiger partial charge in [0.15, 0.2) is 11.5 Å². The van der Waals surface area contributed by atoms with E-state index in [0.29, 0.717) is 17.2 Å². The van der Waals surface area contributed by atoms with Gasteiger partial charge < -0.3 is 19.2 Å². The van der Waals surface area contributed by atoms with Gasteiger partial charge in [-0.05, 0) is 6.07 Å². The topological polar surface area (TPSA) is 43.5 Å². The molecule has 0 unspecified atom stereocenters. The molecule has 0 amide bonds. The first kappa shape index (κ1) is 9.71. The van der Waals surface area contributed by atoms with E-state index in [0.717, 1.165) is 10.9 Å². The number of rotatable bonds is 3. The van der Waals surface area contributed by atoms with Crippen LogP contribution in [0.15, 0.2) is 18.3 Å². The zero-order valence-corrected chi connectivity index (χ0v) is 8.96. The van der Waals surface area contributed by atoms with Gasteiger partial charge in [0, 0.05) is 17.6 Å². The number of ether oxygens (including phenoxy) is 3. The van der Waals surface area contributed by atoms with Crippen LogP contribution in [-0.4, -0.2) is 26.3 Å². The van der Waals surface area contributed by atoms with Crippen LogP contribution in [0.4, 0.5) is 0 Å². The highest BCUT2D eigenvalue weighted by Gasteiger charge is 2.15. The van der Waals surface area contributed by atoms with Crippen LogP contribution in [-0.2, 0) is 0 Å². The number of methoxy groups -OCH3 is 3. The fraction of sp³-hybridized carbons (Fsp3) is 0.273. The second kappa shape index (κ2) is 3.73. The van der Waals surface area contributed by atoms with Gasteiger partial charge in [-0.1, -0.05) is 0 Å². The van der Waals surface area contributed by atoms with Gasteiger partial charge in [-0.15, -0.1) is 0 Å². The number of aromatic amines is 1. The molecule has 1 heterocycles. The van der Waals surface area contributed by atoms with Crippen molar-refractivity contribution < 1.29 is 14.2 Å². The first-order chi connectivity index (χ1) is 7.31. The van der Waals surface area contributed by atoms with Crippen molar-refractivity contribution in [3.63, 3.8) is 0 Å². The molecule has 2 rings (SSSR count). The van der Waals surface area contributed by atoms with Crippen LogP contribution in [0.25, 0.3) is 10.9 Å². The Kier molecular flexibility index (Phi) is 2.41. The van der Waals surface area contributed by atoms with E-state index in [9.17, 15) is 0 Å². The molecular formula is C11H13NO3. The second-order valence-corrected chi connectivity index (χ2v) is 3.08. The van der Waals surface area contributed by atoms with Crippen LogP contribution in [0, 0.1) is 0 Å². The highest BCUT2D eigenvalue weighted by molar-refractivity contribution is 5.90. The lowest BCUT2D eigenvalue weighted by Crippen LogP contribution is -1.95. The summed E-state index contributed by atoms with van der Waals surface area (Å²) < 4.78 is 15.8. The third-order valence-corrected chi connectivity index (χ3v) is 2.36. The van der Waals surface area contributed by atoms with Gasteiger partial charge in [0.2, 0.25) is 5.75 Å². The number of hydrogen-bond acceptors (Lipinski definition) is 3. The molecular weight excluding hydrogens is 194 g/mol. The molecule has 0 radical (unpaired) electrons. The Morgan fingerprint density at radius 2 is 1.73 bits per heavy atom. The average Bonchev–Trinajstić information content (AvgIpc) is 2.73. The number of aromatic nitrogens is 1. The van der Waals surface area contributed by atoms with E-state index in [-0.39, 0.29) is 0 Å². The fourth-order valence-electron chi connectivity index (χ4n) is 1.68. The average molecular weight is 207 g/mol. The van der Waals surface area contributed by atoms with Crippen molar-refractivity contribution in [2.24, 2.45) is 0 Å². The zero-order chi connectivity index (χ0) is 10.8. The van der Waals surface area contributed by atoms with Crippen LogP contribution in [0.1, 0.15) is 0 Å². The van der Waals surface area contributed by atoms with Crippen molar-refractivity contribution in [1.29, 1.82) is 0 Å². The fourth-order valence-corrected chi connectivity index (χ4v) is 1.68. The van der Waals surface area contributed by atoms with Crippen molar-refractivity contribution in [3.8, 4) is 17.2 Å². The van der Waals surface area contributed by atoms with Crippen molar-refractivity contribution >= 4 is 10.9 Å². The Labute approximate surface area is 87.8 Å². The molecule has 1 N–H and O–H groups in total. The maximum absolute atomic E-state index is 5.33. The highest BCUT2D eigenvalue weighted by atomic mass is 16.5. The lowest BCUT2D eigenvalue weighted by molar-refractivity contribution is 0.327. The van der Waals surface area contributed by atoms with Crippen molar-refractivity contribution in [3.05, 3.63) is 18.3 Å². The lowest BCUT2D eigenvalue weighted by atomic mass is 10.2. The third kappa shape index (κ3) is 1.38. The monoisotopic (exact) mass is 207 g/mol. The number of nitrogens with one attached hydrogen (secondary N) is 1. The highest BCUT2D eigenvalue weighted by Crippen LogP contribution is 2.42. The molecule has 1 aromatic heterocycles. The summed E-state index contributed by atoms with van der Waals surface area (Å²) in [5.41, 5.74) is 0.962. The Morgan fingerprint density at radius 1 is 1.00 bits per heavy atom. The van der Waals surface area contributed by atoms with E-state index < -0.39 is 0 Å². The molecule has 15 heavy (non-hydrogen) atoms. The SMILES string of the molecule is COc1cc2[nH]ccc2c(OC)c1OC. The Morgan fingerprint density at radius 3 is 2.33 bits per heavy atom. The molecule has 0 bridgehead atoms. The molecule has 4 nitrogen and oxygen atoms in total. The predicted octanol–water partition coefficient (Wildman–Crippen LogP) is 2.19. The van der Waals surface area contributed by atoms with E-state index in [2.05, 4.69) is 4.98 Å². The minimum Gasteiger partial charge on any atom is -0.493 e. The summed E-state index contributed by atoms with van der Waals surface area (Å²) >= 11 is 0. The van der Waals surface area contributed by atoms with Crippen molar-refractivity contribution in [2.45, 2.75) is 0 Å². The van der Waals surface area contributed by atoms with Crippen LogP contribution in [0.3, 0.4) is 0 Å². The van der Waals surface area contributed by atoms with Crippen LogP contribution < -0.4 is 14.2 Å². The predicted molar refractivity (Wildman–Crippen MR) is 58.0 cm³/mol. The molecule has 0 atom stereocenters. The minimum atomic E-state index is 0.618. The Balaban J connectivity index is 2.78. The maximum atomic E-state index is 5.33. The molecule has 0 fully saturated rings. The second-order valence-electron chi connectivity index (χ2n) is 3.08. The summed E-state index contributed by atoms with van der Waals surface area (Å²) in [4.78, 5) is 3.10. The van der Waals surface area contributed by atoms with Gasteiger partial charge in [0.05, 0.1) is 26.8 Å². The largest absolute Gasteiger partial charge is 0.493 e. The van der Waals surface area contributed by atoms with Crippen LogP contribution in [0.5, 0.6) is 17.2 Å². The molecule has 2 aromatic rings. The zero-order valence-electron chi connectivity index (χ0n) is 8.96. The molecule has 0 saturated carbocycles. The van der Waals surface area contributed by atoms with E-state index >= 15 is 0 Å². The first-order valence-electron chi connectivity index (χ1n) is 4.58. The summed E-state index contributed by atoms with van der Waals surface area (Å²) in [6.07, 6.45) is 1.85. The van der Waals surface area contributed by atoms with Gasteiger partial charge >= 0.3 is 0 Å². The summed E-state index contributed by atoms with van der Waals surface area (Å²) in [6, 6.07) is 3.83. The minimum absolute atomic E-state index is 0.618. The van der Waals surface area contributed by atoms with Crippen LogP contribution >= 0.6 is 0 Å². The molecule has 0 spiro atoms. The number of hydrogen-bond donors (Lipinski definition) is 1. The molecule has 0 aliphatic heterocycles. The van der Waals surface area contributed by atoms with Crippen molar-refractivity contribution in [1.82, 2.24) is 4.98 Å². The van der Waals surface area contributed by atoms with Gasteiger partial charge in [0.1, 0.15) is 0 Å². The van der Waals surface area contributed by atoms with Gasteiger partial charge in [-0.2, -0.15) is 0 Å². The van der Waals surface area contributed by atoms with Gasteiger partial charge in [0.25, 0.3) is 0 Å². The maximum Gasteiger partial charge on any atom is 0.204 e. The van der Waals surface area contributed by atoms with E-state index in [4.69, 9.17) is 14.2 Å². The number of H-pyrrole nitrogens is 1. The Hall–Kier alpha value is -1.84. The first-order valence-corrected chi connectivity index (χ1v) is 4.58. The molecule has 4 heteroatoms. The summed E-state index contributed by atoms with van der Waals surface area (Å²) in [5.74, 6) is 1.96. The normalized spacial score (nSPS) is 10.3. The third-order valence-electron chi connectivity index (χ3n) is 2.36. The van der Waals surface area contributed by atoms with E-state index in [1.165, 1.54) is 0 Å². The smallest absolute Gasteiger partial charge is 0.204 e. The summed E-state index contributed by atoms with van der Waals surface area (Å²) in [7, 11) is 4.81. The molecule has 80 valence electrons. The lowest BCUT2D eigenvalue weighted by Gasteiger charge is -2.12. The standard InChI is InChI=1S/C11H13NO3/c1-13-9-6-8-7(4-5-12-8)10(14-2)11(9)15-3/h4-6,12H,1-3H3. The van der Waals surface area contributed by atoms with Gasteiger partial charge in [-0.25, -0.2) is 0 Å². The van der Waals surface area contributed by atoms with Crippen LogP contribution in [0.2, 0.25) is 0 Å². The van der Waals surface area contributed by atoms with Gasteiger partial charge in [-0.3, -0.25) is 0 Å². The molecule has 0 aliphatic carbocycles. The quantitative estimate of drug-likeness (QED) is 0.839. The number of fused-ring (bicyclic) bond motifs is 1. The molecule has 0 saturated heterocycles. The molecule has 1 aromatic carbocycles. The summed E-state index contributed by atoms with van der Waals surface area (Å²) in [6.45, 7) is 0. The number of benzene rings is 1. The van der Waals surface area contributed by atoms with E-state index in [1.807, 2.05) is 18.3 Å². The molecule has 0 aliphatic rings. The Bertz CT molecular complexity index is 476. The van der Waals surface area contributed by atoms with Crippen molar-refractivity contribution in [2.75, 3.05) is 21.3 Å². The summed E-state index contributed by atoms with van der Waals surface area (Å²) in [5, 5.41) is 0.982. The van der Waals surface area contributed by atoms with E-state index in [1.54, 1.807) is 21.3 Å².